The van der Waals surface area contributed by atoms with Gasteiger partial charge in [-0.15, -0.1) is 0 Å². The molecule has 0 saturated carbocycles. The van der Waals surface area contributed by atoms with Crippen LogP contribution in [-0.4, -0.2) is 39.8 Å². The lowest BCUT2D eigenvalue weighted by Gasteiger charge is -2.19. The number of nitrogens with one attached hydrogen (secondary N) is 1. The molecule has 17 heavy (non-hydrogen) atoms. The maximum Gasteiger partial charge on any atom is 0.337 e. The minimum Gasteiger partial charge on any atom is -0.465 e. The first kappa shape index (κ1) is 13.5. The van der Waals surface area contributed by atoms with Gasteiger partial charge in [-0.2, -0.15) is 0 Å². The molecule has 1 aromatic rings. The highest BCUT2D eigenvalue weighted by atomic mass is 16.5. The third-order valence-electron chi connectivity index (χ3n) is 2.60. The van der Waals surface area contributed by atoms with Gasteiger partial charge in [-0.3, -0.25) is 0 Å². The molecule has 94 valence electrons. The van der Waals surface area contributed by atoms with Gasteiger partial charge in [0.05, 0.1) is 12.7 Å². The zero-order valence-electron chi connectivity index (χ0n) is 10.7. The van der Waals surface area contributed by atoms with Crippen LogP contribution >= 0.6 is 0 Å². The van der Waals surface area contributed by atoms with Gasteiger partial charge in [-0.25, -0.2) is 4.79 Å². The summed E-state index contributed by atoms with van der Waals surface area (Å²) in [5.74, 6) is -0.299. The van der Waals surface area contributed by atoms with E-state index in [1.807, 2.05) is 19.2 Å². The molecule has 0 saturated heterocycles. The van der Waals surface area contributed by atoms with E-state index in [4.69, 9.17) is 0 Å². The summed E-state index contributed by atoms with van der Waals surface area (Å²) in [7, 11) is 3.42. The zero-order valence-corrected chi connectivity index (χ0v) is 10.7. The smallest absolute Gasteiger partial charge is 0.337 e. The van der Waals surface area contributed by atoms with Crippen molar-refractivity contribution in [3.63, 3.8) is 0 Å². The van der Waals surface area contributed by atoms with Crippen LogP contribution in [0.1, 0.15) is 17.3 Å². The normalized spacial score (nSPS) is 10.1. The molecule has 0 heterocycles. The van der Waals surface area contributed by atoms with Gasteiger partial charge in [-0.1, -0.05) is 6.92 Å². The Morgan fingerprint density at radius 3 is 2.53 bits per heavy atom. The van der Waals surface area contributed by atoms with Crippen molar-refractivity contribution in [1.29, 1.82) is 0 Å². The number of ether oxygens (including phenoxy) is 1. The number of likely N-dealkylation sites (N-methyl/N-ethyl adjacent to an activating group) is 2. The maximum absolute atomic E-state index is 11.3. The Morgan fingerprint density at radius 1 is 1.35 bits per heavy atom. The Kier molecular flexibility index (Phi) is 5.49. The molecular weight excluding hydrogens is 216 g/mol. The number of esters is 1. The van der Waals surface area contributed by atoms with Crippen molar-refractivity contribution in [3.05, 3.63) is 29.8 Å². The number of benzene rings is 1. The van der Waals surface area contributed by atoms with Crippen molar-refractivity contribution in [2.75, 3.05) is 38.7 Å². The van der Waals surface area contributed by atoms with Crippen LogP contribution in [0.15, 0.2) is 24.3 Å². The van der Waals surface area contributed by atoms with Crippen molar-refractivity contribution >= 4 is 11.7 Å². The van der Waals surface area contributed by atoms with Crippen molar-refractivity contribution in [1.82, 2.24) is 5.32 Å². The number of carbonyl (C=O) groups is 1. The van der Waals surface area contributed by atoms with Gasteiger partial charge in [0.25, 0.3) is 0 Å². The lowest BCUT2D eigenvalue weighted by atomic mass is 10.2. The number of nitrogens with zero attached hydrogens (tertiary/aromatic N) is 1. The summed E-state index contributed by atoms with van der Waals surface area (Å²) in [4.78, 5) is 13.4. The third-order valence-corrected chi connectivity index (χ3v) is 2.60. The average Bonchev–Trinajstić information content (AvgIpc) is 2.38. The number of hydrogen-bond donors (Lipinski definition) is 1. The molecule has 0 aliphatic carbocycles. The maximum atomic E-state index is 11.3. The van der Waals surface area contributed by atoms with Crippen LogP contribution < -0.4 is 10.2 Å². The van der Waals surface area contributed by atoms with Gasteiger partial charge in [-0.05, 0) is 30.8 Å². The van der Waals surface area contributed by atoms with Crippen LogP contribution in [0.4, 0.5) is 5.69 Å². The summed E-state index contributed by atoms with van der Waals surface area (Å²) in [6, 6.07) is 7.42. The molecule has 0 aromatic heterocycles. The predicted molar refractivity (Wildman–Crippen MR) is 69.6 cm³/mol. The summed E-state index contributed by atoms with van der Waals surface area (Å²) in [5, 5.41) is 3.27. The largest absolute Gasteiger partial charge is 0.465 e. The minimum absolute atomic E-state index is 0.299. The highest BCUT2D eigenvalue weighted by Gasteiger charge is 2.05. The van der Waals surface area contributed by atoms with Crippen LogP contribution in [0, 0.1) is 0 Å². The van der Waals surface area contributed by atoms with Crippen molar-refractivity contribution in [2.24, 2.45) is 0 Å². The number of carbonyl (C=O) groups excluding carboxylic acids is 1. The molecule has 0 unspecified atom stereocenters. The zero-order chi connectivity index (χ0) is 12.7. The Bertz CT molecular complexity index is 349. The van der Waals surface area contributed by atoms with Crippen LogP contribution in [0.3, 0.4) is 0 Å². The van der Waals surface area contributed by atoms with Gasteiger partial charge >= 0.3 is 5.97 Å². The minimum atomic E-state index is -0.299. The second-order valence-corrected chi connectivity index (χ2v) is 3.81. The van der Waals surface area contributed by atoms with E-state index in [-0.39, 0.29) is 5.97 Å². The number of rotatable bonds is 6. The van der Waals surface area contributed by atoms with Gasteiger partial charge in [0, 0.05) is 25.8 Å². The molecule has 0 atom stereocenters. The topological polar surface area (TPSA) is 41.6 Å². The first-order valence-electron chi connectivity index (χ1n) is 5.79. The molecule has 0 spiro atoms. The summed E-state index contributed by atoms with van der Waals surface area (Å²) in [6.07, 6.45) is 0. The standard InChI is InChI=1S/C13H20N2O2/c1-4-14-9-10-15(2)12-7-5-11(6-8-12)13(16)17-3/h5-8,14H,4,9-10H2,1-3H3. The Hall–Kier alpha value is -1.55. The van der Waals surface area contributed by atoms with E-state index in [1.165, 1.54) is 7.11 Å². The van der Waals surface area contributed by atoms with Crippen LogP contribution in [0.5, 0.6) is 0 Å². The second kappa shape index (κ2) is 6.91. The summed E-state index contributed by atoms with van der Waals surface area (Å²) in [5.41, 5.74) is 1.67. The molecule has 1 N–H and O–H groups in total. The SMILES string of the molecule is CCNCCN(C)c1ccc(C(=O)OC)cc1. The molecule has 1 aromatic carbocycles. The third kappa shape index (κ3) is 4.07. The van der Waals surface area contributed by atoms with Gasteiger partial charge in [0.1, 0.15) is 0 Å². The fourth-order valence-electron chi connectivity index (χ4n) is 1.52. The summed E-state index contributed by atoms with van der Waals surface area (Å²) >= 11 is 0. The predicted octanol–water partition coefficient (Wildman–Crippen LogP) is 1.52. The quantitative estimate of drug-likeness (QED) is 0.600. The van der Waals surface area contributed by atoms with E-state index in [9.17, 15) is 4.79 Å². The molecule has 0 fully saturated rings. The lowest BCUT2D eigenvalue weighted by molar-refractivity contribution is 0.0601. The van der Waals surface area contributed by atoms with E-state index in [1.54, 1.807) is 12.1 Å². The van der Waals surface area contributed by atoms with Crippen LogP contribution in [0.2, 0.25) is 0 Å². The average molecular weight is 236 g/mol. The van der Waals surface area contributed by atoms with Crippen molar-refractivity contribution in [2.45, 2.75) is 6.92 Å². The Balaban J connectivity index is 2.57. The summed E-state index contributed by atoms with van der Waals surface area (Å²) in [6.45, 7) is 4.96. The van der Waals surface area contributed by atoms with Crippen LogP contribution in [0.25, 0.3) is 0 Å². The fraction of sp³-hybridized carbons (Fsp3) is 0.462. The molecular formula is C13H20N2O2. The van der Waals surface area contributed by atoms with Gasteiger partial charge in [0.15, 0.2) is 0 Å². The van der Waals surface area contributed by atoms with E-state index in [0.29, 0.717) is 5.56 Å². The molecule has 0 radical (unpaired) electrons. The lowest BCUT2D eigenvalue weighted by Crippen LogP contribution is -2.28. The molecule has 0 amide bonds. The van der Waals surface area contributed by atoms with E-state index in [0.717, 1.165) is 25.3 Å². The Morgan fingerprint density at radius 2 is 2.00 bits per heavy atom. The van der Waals surface area contributed by atoms with E-state index >= 15 is 0 Å². The number of anilines is 1. The van der Waals surface area contributed by atoms with Gasteiger partial charge in [0.2, 0.25) is 0 Å². The molecule has 0 bridgehead atoms. The van der Waals surface area contributed by atoms with E-state index < -0.39 is 0 Å². The molecule has 4 nitrogen and oxygen atoms in total. The molecule has 1 rings (SSSR count). The first-order chi connectivity index (χ1) is 8.19. The van der Waals surface area contributed by atoms with Crippen LogP contribution in [-0.2, 0) is 4.74 Å². The first-order valence-corrected chi connectivity index (χ1v) is 5.79. The van der Waals surface area contributed by atoms with Crippen molar-refractivity contribution in [3.8, 4) is 0 Å². The second-order valence-electron chi connectivity index (χ2n) is 3.81. The number of hydrogen-bond acceptors (Lipinski definition) is 4. The highest BCUT2D eigenvalue weighted by Crippen LogP contribution is 2.13. The Labute approximate surface area is 103 Å². The molecule has 0 aliphatic rings. The summed E-state index contributed by atoms with van der Waals surface area (Å²) < 4.78 is 4.65. The fourth-order valence-corrected chi connectivity index (χ4v) is 1.52. The number of methoxy groups -OCH3 is 1. The molecule has 0 aliphatic heterocycles. The highest BCUT2D eigenvalue weighted by molar-refractivity contribution is 5.89. The molecule has 4 heteroatoms. The van der Waals surface area contributed by atoms with E-state index in [2.05, 4.69) is 21.9 Å². The van der Waals surface area contributed by atoms with Gasteiger partial charge < -0.3 is 15.0 Å². The monoisotopic (exact) mass is 236 g/mol. The van der Waals surface area contributed by atoms with Crippen molar-refractivity contribution < 1.29 is 9.53 Å².